The van der Waals surface area contributed by atoms with Gasteiger partial charge in [-0.3, -0.25) is 19.1 Å². The second kappa shape index (κ2) is 10.6. The molecule has 0 amide bonds. The Kier molecular flexibility index (Phi) is 8.19. The smallest absolute Gasteiger partial charge is 0.330 e. The second-order valence-corrected chi connectivity index (χ2v) is 7.30. The second-order valence-electron chi connectivity index (χ2n) is 7.30. The van der Waals surface area contributed by atoms with Gasteiger partial charge in [-0.1, -0.05) is 6.42 Å². The summed E-state index contributed by atoms with van der Waals surface area (Å²) < 4.78 is 8.37. The third-order valence-corrected chi connectivity index (χ3v) is 4.90. The zero-order valence-corrected chi connectivity index (χ0v) is 17.4. The van der Waals surface area contributed by atoms with E-state index in [1.54, 1.807) is 11.6 Å². The Morgan fingerprint density at radius 3 is 2.69 bits per heavy atom. The van der Waals surface area contributed by atoms with Gasteiger partial charge in [0.2, 0.25) is 0 Å². The highest BCUT2D eigenvalue weighted by molar-refractivity contribution is 5.70. The van der Waals surface area contributed by atoms with Crippen LogP contribution < -0.4 is 11.2 Å². The Morgan fingerprint density at radius 1 is 1.24 bits per heavy atom. The lowest BCUT2D eigenvalue weighted by Gasteiger charge is -2.11. The van der Waals surface area contributed by atoms with Crippen LogP contribution in [0.5, 0.6) is 0 Å². The molecular formula is C20H29N5O4. The molecule has 0 aliphatic carbocycles. The molecule has 1 N–H and O–H groups in total. The number of esters is 1. The van der Waals surface area contributed by atoms with Crippen LogP contribution in [-0.2, 0) is 29.5 Å². The number of hydrogen-bond donors (Lipinski definition) is 1. The van der Waals surface area contributed by atoms with Crippen molar-refractivity contribution in [2.24, 2.45) is 7.05 Å². The standard InChI is InChI=1S/C20H29N5O4/c1-14(29-15(2)26)10-6-7-11-16-22-18-17(24(16)3)19(27)23-20(28)25(18)13-9-5-4-8-12-21/h14H,4-11,13H2,1-3H3,(H,23,27,28)/t14-/m1/s1. The van der Waals surface area contributed by atoms with Crippen LogP contribution in [0, 0.1) is 11.3 Å². The molecule has 2 aromatic heterocycles. The summed E-state index contributed by atoms with van der Waals surface area (Å²) in [5, 5.41) is 8.61. The van der Waals surface area contributed by atoms with Gasteiger partial charge in [0.25, 0.3) is 5.56 Å². The molecule has 0 saturated carbocycles. The first-order valence-electron chi connectivity index (χ1n) is 10.1. The zero-order valence-electron chi connectivity index (χ0n) is 17.4. The third kappa shape index (κ3) is 6.04. The summed E-state index contributed by atoms with van der Waals surface area (Å²) in [5.74, 6) is 0.465. The van der Waals surface area contributed by atoms with Gasteiger partial charge in [0.15, 0.2) is 11.2 Å². The molecule has 0 fully saturated rings. The number of hydrogen-bond acceptors (Lipinski definition) is 6. The summed E-state index contributed by atoms with van der Waals surface area (Å²) in [4.78, 5) is 42.5. The van der Waals surface area contributed by atoms with Crippen molar-refractivity contribution in [3.8, 4) is 6.07 Å². The van der Waals surface area contributed by atoms with E-state index in [1.165, 1.54) is 11.5 Å². The third-order valence-electron chi connectivity index (χ3n) is 4.90. The van der Waals surface area contributed by atoms with Crippen molar-refractivity contribution < 1.29 is 9.53 Å². The number of H-pyrrole nitrogens is 1. The lowest BCUT2D eigenvalue weighted by molar-refractivity contribution is -0.145. The molecule has 2 aromatic rings. The molecule has 0 bridgehead atoms. The van der Waals surface area contributed by atoms with E-state index in [-0.39, 0.29) is 12.1 Å². The number of aromatic nitrogens is 4. The van der Waals surface area contributed by atoms with E-state index in [1.807, 2.05) is 6.92 Å². The fourth-order valence-corrected chi connectivity index (χ4v) is 3.43. The number of rotatable bonds is 11. The first-order chi connectivity index (χ1) is 13.8. The number of unbranched alkanes of at least 4 members (excludes halogenated alkanes) is 4. The number of ether oxygens (including phenoxy) is 1. The van der Waals surface area contributed by atoms with Crippen LogP contribution in [0.15, 0.2) is 9.59 Å². The highest BCUT2D eigenvalue weighted by Crippen LogP contribution is 2.14. The van der Waals surface area contributed by atoms with Crippen molar-refractivity contribution in [3.63, 3.8) is 0 Å². The molecule has 0 aromatic carbocycles. The molecule has 1 atom stereocenters. The number of carbonyl (C=O) groups is 1. The maximum Gasteiger partial charge on any atom is 0.330 e. The van der Waals surface area contributed by atoms with Crippen molar-refractivity contribution in [3.05, 3.63) is 26.7 Å². The average Bonchev–Trinajstić information content (AvgIpc) is 2.97. The molecule has 158 valence electrons. The topological polar surface area (TPSA) is 123 Å². The Hall–Kier alpha value is -2.89. The minimum atomic E-state index is -0.456. The zero-order chi connectivity index (χ0) is 21.4. The van der Waals surface area contributed by atoms with Crippen LogP contribution in [0.2, 0.25) is 0 Å². The van der Waals surface area contributed by atoms with Crippen molar-refractivity contribution in [1.82, 2.24) is 19.1 Å². The summed E-state index contributed by atoms with van der Waals surface area (Å²) in [5.41, 5.74) is -0.0900. The van der Waals surface area contributed by atoms with Gasteiger partial charge >= 0.3 is 11.7 Å². The molecule has 2 heterocycles. The Bertz CT molecular complexity index is 995. The number of carbonyl (C=O) groups excluding carboxylic acids is 1. The summed E-state index contributed by atoms with van der Waals surface area (Å²) >= 11 is 0. The summed E-state index contributed by atoms with van der Waals surface area (Å²) in [6.45, 7) is 3.72. The van der Waals surface area contributed by atoms with Crippen molar-refractivity contribution >= 4 is 17.1 Å². The first-order valence-corrected chi connectivity index (χ1v) is 10.1. The van der Waals surface area contributed by atoms with E-state index in [0.29, 0.717) is 30.6 Å². The Balaban J connectivity index is 2.10. The Morgan fingerprint density at radius 2 is 2.00 bits per heavy atom. The molecule has 0 spiro atoms. The van der Waals surface area contributed by atoms with E-state index >= 15 is 0 Å². The number of fused-ring (bicyclic) bond motifs is 1. The number of imidazole rings is 1. The van der Waals surface area contributed by atoms with Gasteiger partial charge in [0.05, 0.1) is 12.2 Å². The van der Waals surface area contributed by atoms with Crippen molar-refractivity contribution in [2.75, 3.05) is 0 Å². The number of nitrogens with one attached hydrogen (secondary N) is 1. The van der Waals surface area contributed by atoms with E-state index in [4.69, 9.17) is 10.00 Å². The lowest BCUT2D eigenvalue weighted by atomic mass is 10.1. The number of nitriles is 1. The molecule has 2 rings (SSSR count). The van der Waals surface area contributed by atoms with Crippen molar-refractivity contribution in [1.29, 1.82) is 5.26 Å². The van der Waals surface area contributed by atoms with Gasteiger partial charge in [-0.2, -0.15) is 5.26 Å². The summed E-state index contributed by atoms with van der Waals surface area (Å²) in [6, 6.07) is 2.11. The molecule has 0 radical (unpaired) electrons. The highest BCUT2D eigenvalue weighted by atomic mass is 16.5. The number of aromatic amines is 1. The van der Waals surface area contributed by atoms with Crippen LogP contribution in [0.3, 0.4) is 0 Å². The minimum Gasteiger partial charge on any atom is -0.463 e. The lowest BCUT2D eigenvalue weighted by Crippen LogP contribution is -2.31. The average molecular weight is 403 g/mol. The van der Waals surface area contributed by atoms with Crippen LogP contribution in [0.1, 0.15) is 64.6 Å². The van der Waals surface area contributed by atoms with E-state index in [9.17, 15) is 14.4 Å². The Labute approximate surface area is 169 Å². The van der Waals surface area contributed by atoms with Crippen LogP contribution in [-0.4, -0.2) is 31.2 Å². The predicted molar refractivity (Wildman–Crippen MR) is 108 cm³/mol. The molecule has 0 aliphatic rings. The molecule has 0 unspecified atom stereocenters. The molecule has 9 nitrogen and oxygen atoms in total. The highest BCUT2D eigenvalue weighted by Gasteiger charge is 2.16. The van der Waals surface area contributed by atoms with Crippen LogP contribution in [0.4, 0.5) is 0 Å². The van der Waals surface area contributed by atoms with Gasteiger partial charge in [-0.25, -0.2) is 9.78 Å². The maximum absolute atomic E-state index is 12.3. The van der Waals surface area contributed by atoms with Gasteiger partial charge < -0.3 is 9.30 Å². The molecular weight excluding hydrogens is 374 g/mol. The predicted octanol–water partition coefficient (Wildman–Crippen LogP) is 2.17. The van der Waals surface area contributed by atoms with E-state index in [2.05, 4.69) is 16.0 Å². The summed E-state index contributed by atoms with van der Waals surface area (Å²) in [6.07, 6.45) is 5.85. The molecule has 29 heavy (non-hydrogen) atoms. The van der Waals surface area contributed by atoms with Crippen LogP contribution in [0.25, 0.3) is 11.2 Å². The monoisotopic (exact) mass is 403 g/mol. The van der Waals surface area contributed by atoms with E-state index in [0.717, 1.165) is 44.3 Å². The SMILES string of the molecule is CC(=O)O[C@H](C)CCCCc1nc2c(c(=O)[nH]c(=O)n2CCCCCC#N)n1C. The molecule has 0 aliphatic heterocycles. The number of aryl methyl sites for hydroxylation is 3. The van der Waals surface area contributed by atoms with Gasteiger partial charge in [-0.15, -0.1) is 0 Å². The molecule has 9 heteroatoms. The van der Waals surface area contributed by atoms with Crippen LogP contribution >= 0.6 is 0 Å². The largest absolute Gasteiger partial charge is 0.463 e. The van der Waals surface area contributed by atoms with Gasteiger partial charge in [0, 0.05) is 33.4 Å². The maximum atomic E-state index is 12.3. The van der Waals surface area contributed by atoms with Gasteiger partial charge in [-0.05, 0) is 39.0 Å². The fraction of sp³-hybridized carbons (Fsp3) is 0.650. The minimum absolute atomic E-state index is 0.123. The van der Waals surface area contributed by atoms with Crippen molar-refractivity contribution in [2.45, 2.75) is 77.9 Å². The molecule has 0 saturated heterocycles. The quantitative estimate of drug-likeness (QED) is 0.453. The summed E-state index contributed by atoms with van der Waals surface area (Å²) in [7, 11) is 1.78. The number of nitrogens with zero attached hydrogens (tertiary/aromatic N) is 4. The normalized spacial score (nSPS) is 12.1. The van der Waals surface area contributed by atoms with Gasteiger partial charge in [0.1, 0.15) is 5.82 Å². The van der Waals surface area contributed by atoms with E-state index < -0.39 is 11.2 Å². The first kappa shape index (κ1) is 22.4. The fourth-order valence-electron chi connectivity index (χ4n) is 3.43.